The van der Waals surface area contributed by atoms with Crippen LogP contribution in [0.15, 0.2) is 10.4 Å². The van der Waals surface area contributed by atoms with Crippen LogP contribution in [-0.2, 0) is 16.4 Å². The highest BCUT2D eigenvalue weighted by Crippen LogP contribution is 2.13. The molecular weight excluding hydrogens is 272 g/mol. The third kappa shape index (κ3) is 4.33. The van der Waals surface area contributed by atoms with Crippen LogP contribution in [0.25, 0.3) is 0 Å². The number of anilines is 1. The number of carbonyl (C=O) groups is 1. The number of methoxy groups -OCH3 is 1. The first-order chi connectivity index (χ1) is 8.05. The molecule has 0 saturated carbocycles. The van der Waals surface area contributed by atoms with Gasteiger partial charge in [0.1, 0.15) is 0 Å². The SMILES string of the molecule is COc1cc(CCl)nc(NC(=O)N=S(=O)=O)n1. The molecule has 0 aliphatic heterocycles. The third-order valence-electron chi connectivity index (χ3n) is 1.48. The van der Waals surface area contributed by atoms with E-state index in [9.17, 15) is 13.2 Å². The minimum atomic E-state index is -2.83. The molecule has 0 atom stereocenters. The molecule has 0 bridgehead atoms. The molecule has 1 aromatic heterocycles. The Labute approximate surface area is 103 Å². The molecule has 2 amide bonds. The summed E-state index contributed by atoms with van der Waals surface area (Å²) in [4.78, 5) is 18.6. The topological polar surface area (TPSA) is 111 Å². The number of rotatable bonds is 3. The fourth-order valence-electron chi connectivity index (χ4n) is 0.888. The molecule has 1 aromatic rings. The molecule has 0 unspecified atom stereocenters. The van der Waals surface area contributed by atoms with Gasteiger partial charge in [-0.05, 0) is 0 Å². The molecule has 0 aliphatic carbocycles. The lowest BCUT2D eigenvalue weighted by molar-refractivity contribution is 0.259. The van der Waals surface area contributed by atoms with Gasteiger partial charge in [0.05, 0.1) is 18.7 Å². The van der Waals surface area contributed by atoms with Gasteiger partial charge in [-0.2, -0.15) is 13.4 Å². The number of aromatic nitrogens is 2. The van der Waals surface area contributed by atoms with Crippen LogP contribution in [0, 0.1) is 0 Å². The number of urea groups is 1. The molecule has 92 valence electrons. The minimum Gasteiger partial charge on any atom is -0.481 e. The van der Waals surface area contributed by atoms with Crippen molar-refractivity contribution in [3.8, 4) is 5.88 Å². The maximum absolute atomic E-state index is 11.0. The number of alkyl halides is 1. The summed E-state index contributed by atoms with van der Waals surface area (Å²) in [7, 11) is -1.46. The summed E-state index contributed by atoms with van der Waals surface area (Å²) in [6.45, 7) is 0. The van der Waals surface area contributed by atoms with E-state index >= 15 is 0 Å². The molecule has 0 spiro atoms. The lowest BCUT2D eigenvalue weighted by Gasteiger charge is -2.04. The maximum atomic E-state index is 11.0. The Kier molecular flexibility index (Phi) is 4.79. The molecule has 0 aromatic carbocycles. The number of amides is 2. The molecule has 0 saturated heterocycles. The Morgan fingerprint density at radius 1 is 1.59 bits per heavy atom. The Bertz CT molecular complexity index is 529. The fourth-order valence-corrected chi connectivity index (χ4v) is 1.21. The van der Waals surface area contributed by atoms with Crippen LogP contribution in [0.5, 0.6) is 5.88 Å². The molecule has 1 rings (SSSR count). The average molecular weight is 279 g/mol. The lowest BCUT2D eigenvalue weighted by atomic mass is 10.4. The molecule has 17 heavy (non-hydrogen) atoms. The number of hydrogen-bond donors (Lipinski definition) is 1. The van der Waals surface area contributed by atoms with Gasteiger partial charge in [-0.15, -0.1) is 11.6 Å². The van der Waals surface area contributed by atoms with Crippen molar-refractivity contribution in [1.29, 1.82) is 0 Å². The van der Waals surface area contributed by atoms with Crippen molar-refractivity contribution in [3.63, 3.8) is 0 Å². The second-order valence-electron chi connectivity index (χ2n) is 2.60. The van der Waals surface area contributed by atoms with Crippen molar-refractivity contribution in [2.75, 3.05) is 12.4 Å². The first-order valence-electron chi connectivity index (χ1n) is 4.15. The van der Waals surface area contributed by atoms with Crippen LogP contribution in [0.3, 0.4) is 0 Å². The summed E-state index contributed by atoms with van der Waals surface area (Å²) in [6.07, 6.45) is 0. The normalized spacial score (nSPS) is 9.53. The van der Waals surface area contributed by atoms with Crippen molar-refractivity contribution in [1.82, 2.24) is 9.97 Å². The molecule has 8 nitrogen and oxygen atoms in total. The Morgan fingerprint density at radius 2 is 2.29 bits per heavy atom. The Morgan fingerprint density at radius 3 is 2.82 bits per heavy atom. The number of hydrogen-bond acceptors (Lipinski definition) is 6. The van der Waals surface area contributed by atoms with Gasteiger partial charge in [0.2, 0.25) is 11.8 Å². The van der Waals surface area contributed by atoms with Crippen molar-refractivity contribution in [2.45, 2.75) is 5.88 Å². The molecule has 1 N–H and O–H groups in total. The van der Waals surface area contributed by atoms with Gasteiger partial charge in [0.25, 0.3) is 0 Å². The second-order valence-corrected chi connectivity index (χ2v) is 3.48. The zero-order valence-corrected chi connectivity index (χ0v) is 10.1. The molecular formula is C7H7ClN4O4S. The van der Waals surface area contributed by atoms with E-state index in [-0.39, 0.29) is 17.7 Å². The number of halogens is 1. The first-order valence-corrected chi connectivity index (χ1v) is 5.71. The quantitative estimate of drug-likeness (QED) is 0.819. The highest BCUT2D eigenvalue weighted by Gasteiger charge is 2.07. The third-order valence-corrected chi connectivity index (χ3v) is 2.07. The van der Waals surface area contributed by atoms with Gasteiger partial charge >= 0.3 is 16.5 Å². The first kappa shape index (κ1) is 13.3. The van der Waals surface area contributed by atoms with Gasteiger partial charge in [-0.25, -0.2) is 9.78 Å². The molecule has 0 fully saturated rings. The summed E-state index contributed by atoms with van der Waals surface area (Å²) in [6, 6.07) is 0.373. The van der Waals surface area contributed by atoms with Crippen LogP contribution >= 0.6 is 11.6 Å². The number of ether oxygens (including phenoxy) is 1. The second kappa shape index (κ2) is 6.11. The number of nitrogens with one attached hydrogen (secondary N) is 1. The standard InChI is InChI=1S/C7H7ClN4O4S/c1-16-5-2-4(3-8)9-6(10-5)11-7(13)12-17(14)15/h2H,3H2,1H3,(H,9,10,11,13). The smallest absolute Gasteiger partial charge is 0.362 e. The van der Waals surface area contributed by atoms with Gasteiger partial charge in [0, 0.05) is 6.07 Å². The molecule has 10 heteroatoms. The predicted octanol–water partition coefficient (Wildman–Crippen LogP) is 0.819. The van der Waals surface area contributed by atoms with Crippen molar-refractivity contribution >= 4 is 34.1 Å². The van der Waals surface area contributed by atoms with Gasteiger partial charge < -0.3 is 4.74 Å². The monoisotopic (exact) mass is 278 g/mol. The Hall–Kier alpha value is -1.74. The van der Waals surface area contributed by atoms with Crippen molar-refractivity contribution in [2.24, 2.45) is 4.36 Å². The summed E-state index contributed by atoms with van der Waals surface area (Å²) in [5, 5.41) is 2.06. The fraction of sp³-hybridized carbons (Fsp3) is 0.286. The minimum absolute atomic E-state index is 0.0897. The lowest BCUT2D eigenvalue weighted by Crippen LogP contribution is -2.10. The van der Waals surface area contributed by atoms with Gasteiger partial charge in [-0.1, -0.05) is 4.36 Å². The zero-order chi connectivity index (χ0) is 12.8. The summed E-state index contributed by atoms with van der Waals surface area (Å²) in [5.74, 6) is 0.139. The van der Waals surface area contributed by atoms with E-state index in [4.69, 9.17) is 16.3 Å². The van der Waals surface area contributed by atoms with Crippen LogP contribution < -0.4 is 10.1 Å². The largest absolute Gasteiger partial charge is 0.481 e. The highest BCUT2D eigenvalue weighted by atomic mass is 35.5. The summed E-state index contributed by atoms with van der Waals surface area (Å²) in [5.41, 5.74) is 0.414. The molecule has 1 heterocycles. The van der Waals surface area contributed by atoms with E-state index in [0.717, 1.165) is 0 Å². The van der Waals surface area contributed by atoms with Gasteiger partial charge in [-0.3, -0.25) is 5.32 Å². The van der Waals surface area contributed by atoms with Crippen LogP contribution in [0.2, 0.25) is 0 Å². The van der Waals surface area contributed by atoms with E-state index in [0.29, 0.717) is 5.69 Å². The Balaban J connectivity index is 2.98. The van der Waals surface area contributed by atoms with E-state index in [1.807, 2.05) is 0 Å². The van der Waals surface area contributed by atoms with Crippen LogP contribution in [-0.4, -0.2) is 31.5 Å². The van der Waals surface area contributed by atoms with Crippen LogP contribution in [0.1, 0.15) is 5.69 Å². The average Bonchev–Trinajstić information content (AvgIpc) is 2.27. The maximum Gasteiger partial charge on any atom is 0.362 e. The molecule has 0 aliphatic rings. The predicted molar refractivity (Wildman–Crippen MR) is 58.5 cm³/mol. The van der Waals surface area contributed by atoms with Crippen molar-refractivity contribution < 1.29 is 17.9 Å². The van der Waals surface area contributed by atoms with E-state index in [1.54, 1.807) is 0 Å². The molecule has 0 radical (unpaired) electrons. The van der Waals surface area contributed by atoms with E-state index in [2.05, 4.69) is 19.6 Å². The van der Waals surface area contributed by atoms with E-state index < -0.39 is 16.5 Å². The summed E-state index contributed by atoms with van der Waals surface area (Å²) < 4.78 is 27.8. The van der Waals surface area contributed by atoms with Crippen molar-refractivity contribution in [3.05, 3.63) is 11.8 Å². The van der Waals surface area contributed by atoms with Gasteiger partial charge in [0.15, 0.2) is 0 Å². The van der Waals surface area contributed by atoms with E-state index in [1.165, 1.54) is 13.2 Å². The summed E-state index contributed by atoms with van der Waals surface area (Å²) >= 11 is 5.57. The number of carbonyl (C=O) groups excluding carboxylic acids is 1. The van der Waals surface area contributed by atoms with Crippen LogP contribution in [0.4, 0.5) is 10.7 Å². The highest BCUT2D eigenvalue weighted by molar-refractivity contribution is 7.62. The number of nitrogens with zero attached hydrogens (tertiary/aromatic N) is 3. The zero-order valence-electron chi connectivity index (χ0n) is 8.55.